The molecule has 7 heteroatoms. The van der Waals surface area contributed by atoms with Gasteiger partial charge < -0.3 is 10.4 Å². The Morgan fingerprint density at radius 2 is 1.74 bits per heavy atom. The molecule has 0 aliphatic rings. The van der Waals surface area contributed by atoms with Crippen LogP contribution >= 0.6 is 0 Å². The Balaban J connectivity index is 2.86. The van der Waals surface area contributed by atoms with Crippen molar-refractivity contribution in [3.05, 3.63) is 35.4 Å². The lowest BCUT2D eigenvalue weighted by atomic mass is 9.92. The number of rotatable bonds is 6. The van der Waals surface area contributed by atoms with Crippen molar-refractivity contribution in [2.45, 2.75) is 45.3 Å². The van der Waals surface area contributed by atoms with Crippen LogP contribution in [0.15, 0.2) is 24.3 Å². The molecule has 0 bridgehead atoms. The van der Waals surface area contributed by atoms with Crippen molar-refractivity contribution in [2.75, 3.05) is 0 Å². The molecule has 0 aliphatic carbocycles. The zero-order valence-corrected chi connectivity index (χ0v) is 13.1. The van der Waals surface area contributed by atoms with E-state index in [1.165, 1.54) is 25.1 Å². The second-order valence-electron chi connectivity index (χ2n) is 5.82. The van der Waals surface area contributed by atoms with E-state index in [0.29, 0.717) is 0 Å². The Morgan fingerprint density at radius 3 is 2.22 bits per heavy atom. The van der Waals surface area contributed by atoms with Gasteiger partial charge in [0.25, 0.3) is 0 Å². The number of hydrogen-bond donors (Lipinski definition) is 2. The summed E-state index contributed by atoms with van der Waals surface area (Å²) >= 11 is 0. The van der Waals surface area contributed by atoms with Crippen LogP contribution in [-0.4, -0.2) is 23.0 Å². The molecule has 2 N–H and O–H groups in total. The van der Waals surface area contributed by atoms with Gasteiger partial charge in [-0.25, -0.2) is 4.79 Å². The van der Waals surface area contributed by atoms with Crippen LogP contribution in [0, 0.1) is 5.92 Å². The summed E-state index contributed by atoms with van der Waals surface area (Å²) < 4.78 is 39.0. The monoisotopic (exact) mass is 331 g/mol. The standard InChI is InChI=1S/C16H20F3NO3/c1-9(2)14(15(22)23)20-13(21)8-10(3)11-6-4-5-7-12(11)16(17,18)19/h4-7,9-10,14H,8H2,1-3H3,(H,20,21)(H,22,23)/t10?,14-/m1/s1. The molecular formula is C16H20F3NO3. The quantitative estimate of drug-likeness (QED) is 0.839. The third-order valence-electron chi connectivity index (χ3n) is 3.54. The van der Waals surface area contributed by atoms with E-state index < -0.39 is 35.6 Å². The number of alkyl halides is 3. The number of nitrogens with one attached hydrogen (secondary N) is 1. The number of carboxylic acids is 1. The highest BCUT2D eigenvalue weighted by Crippen LogP contribution is 2.35. The lowest BCUT2D eigenvalue weighted by Crippen LogP contribution is -2.44. The second-order valence-corrected chi connectivity index (χ2v) is 5.82. The fraction of sp³-hybridized carbons (Fsp3) is 0.500. The highest BCUT2D eigenvalue weighted by molar-refractivity contribution is 5.84. The van der Waals surface area contributed by atoms with Gasteiger partial charge in [-0.15, -0.1) is 0 Å². The van der Waals surface area contributed by atoms with Gasteiger partial charge in [0.05, 0.1) is 5.56 Å². The van der Waals surface area contributed by atoms with Gasteiger partial charge in [0.1, 0.15) is 6.04 Å². The number of aliphatic carboxylic acids is 1. The average molecular weight is 331 g/mol. The van der Waals surface area contributed by atoms with Crippen LogP contribution in [0.4, 0.5) is 13.2 Å². The fourth-order valence-electron chi connectivity index (χ4n) is 2.32. The number of amides is 1. The third-order valence-corrected chi connectivity index (χ3v) is 3.54. The first-order valence-electron chi connectivity index (χ1n) is 7.22. The van der Waals surface area contributed by atoms with Crippen molar-refractivity contribution in [1.82, 2.24) is 5.32 Å². The topological polar surface area (TPSA) is 66.4 Å². The maximum atomic E-state index is 13.0. The summed E-state index contributed by atoms with van der Waals surface area (Å²) in [4.78, 5) is 23.0. The maximum absolute atomic E-state index is 13.0. The van der Waals surface area contributed by atoms with Crippen LogP contribution in [0.5, 0.6) is 0 Å². The molecule has 1 unspecified atom stereocenters. The first-order valence-corrected chi connectivity index (χ1v) is 7.22. The highest BCUT2D eigenvalue weighted by atomic mass is 19.4. The molecule has 0 heterocycles. The molecule has 1 amide bonds. The lowest BCUT2D eigenvalue weighted by Gasteiger charge is -2.21. The van der Waals surface area contributed by atoms with Crippen molar-refractivity contribution in [3.63, 3.8) is 0 Å². The smallest absolute Gasteiger partial charge is 0.416 e. The highest BCUT2D eigenvalue weighted by Gasteiger charge is 2.34. The number of hydrogen-bond acceptors (Lipinski definition) is 2. The summed E-state index contributed by atoms with van der Waals surface area (Å²) in [6.07, 6.45) is -4.72. The summed E-state index contributed by atoms with van der Waals surface area (Å²) in [6.45, 7) is 4.79. The molecule has 1 rings (SSSR count). The Morgan fingerprint density at radius 1 is 1.17 bits per heavy atom. The van der Waals surface area contributed by atoms with E-state index in [2.05, 4.69) is 5.32 Å². The molecule has 0 fully saturated rings. The van der Waals surface area contributed by atoms with Gasteiger partial charge in [-0.05, 0) is 23.5 Å². The predicted octanol–water partition coefficient (Wildman–Crippen LogP) is 3.42. The van der Waals surface area contributed by atoms with E-state index in [4.69, 9.17) is 5.11 Å². The Labute approximate surface area is 132 Å². The molecule has 0 spiro atoms. The van der Waals surface area contributed by atoms with E-state index in [1.54, 1.807) is 13.8 Å². The first-order chi connectivity index (χ1) is 10.5. The van der Waals surface area contributed by atoms with Gasteiger partial charge in [-0.1, -0.05) is 39.0 Å². The number of halogens is 3. The van der Waals surface area contributed by atoms with Crippen molar-refractivity contribution in [3.8, 4) is 0 Å². The zero-order valence-electron chi connectivity index (χ0n) is 13.1. The van der Waals surface area contributed by atoms with E-state index in [1.807, 2.05) is 0 Å². The van der Waals surface area contributed by atoms with Crippen LogP contribution < -0.4 is 5.32 Å². The number of carbonyl (C=O) groups is 2. The first kappa shape index (κ1) is 19.0. The molecule has 2 atom stereocenters. The minimum atomic E-state index is -4.50. The van der Waals surface area contributed by atoms with Crippen LogP contribution in [0.2, 0.25) is 0 Å². The lowest BCUT2D eigenvalue weighted by molar-refractivity contribution is -0.143. The van der Waals surface area contributed by atoms with E-state index in [-0.39, 0.29) is 17.9 Å². The Kier molecular flexibility index (Phi) is 6.18. The Hall–Kier alpha value is -2.05. The summed E-state index contributed by atoms with van der Waals surface area (Å²) in [5.41, 5.74) is -0.759. The molecule has 0 radical (unpaired) electrons. The van der Waals surface area contributed by atoms with Crippen LogP contribution in [0.3, 0.4) is 0 Å². The van der Waals surface area contributed by atoms with Crippen molar-refractivity contribution in [1.29, 1.82) is 0 Å². The van der Waals surface area contributed by atoms with Gasteiger partial charge in [0.15, 0.2) is 0 Å². The molecule has 4 nitrogen and oxygen atoms in total. The van der Waals surface area contributed by atoms with Crippen molar-refractivity contribution >= 4 is 11.9 Å². The van der Waals surface area contributed by atoms with Gasteiger partial charge in [0, 0.05) is 6.42 Å². The minimum absolute atomic E-state index is 0.0200. The normalized spacial score (nSPS) is 14.4. The maximum Gasteiger partial charge on any atom is 0.416 e. The number of carboxylic acid groups (broad SMARTS) is 1. The molecular weight excluding hydrogens is 311 g/mol. The van der Waals surface area contributed by atoms with Gasteiger partial charge in [-0.2, -0.15) is 13.2 Å². The summed E-state index contributed by atoms with van der Waals surface area (Å²) in [7, 11) is 0. The van der Waals surface area contributed by atoms with Gasteiger partial charge in [-0.3, -0.25) is 4.79 Å². The van der Waals surface area contributed by atoms with E-state index >= 15 is 0 Å². The molecule has 1 aromatic rings. The molecule has 0 saturated carbocycles. The number of carbonyl (C=O) groups excluding carboxylic acids is 1. The zero-order chi connectivity index (χ0) is 17.8. The largest absolute Gasteiger partial charge is 0.480 e. The predicted molar refractivity (Wildman–Crippen MR) is 78.9 cm³/mol. The second kappa shape index (κ2) is 7.48. The van der Waals surface area contributed by atoms with Crippen LogP contribution in [-0.2, 0) is 15.8 Å². The van der Waals surface area contributed by atoms with Gasteiger partial charge >= 0.3 is 12.1 Å². The summed E-state index contributed by atoms with van der Waals surface area (Å²) in [5.74, 6) is -2.77. The average Bonchev–Trinajstić information content (AvgIpc) is 2.43. The van der Waals surface area contributed by atoms with E-state index in [9.17, 15) is 22.8 Å². The van der Waals surface area contributed by atoms with Crippen LogP contribution in [0.1, 0.15) is 44.2 Å². The van der Waals surface area contributed by atoms with Crippen molar-refractivity contribution < 1.29 is 27.9 Å². The Bertz CT molecular complexity index is 570. The van der Waals surface area contributed by atoms with Crippen LogP contribution in [0.25, 0.3) is 0 Å². The molecule has 1 aromatic carbocycles. The fourth-order valence-corrected chi connectivity index (χ4v) is 2.32. The summed E-state index contributed by atoms with van der Waals surface area (Å²) in [5, 5.41) is 11.4. The summed E-state index contributed by atoms with van der Waals surface area (Å²) in [6, 6.07) is 4.01. The molecule has 0 saturated heterocycles. The van der Waals surface area contributed by atoms with Gasteiger partial charge in [0.2, 0.25) is 5.91 Å². The third kappa shape index (κ3) is 5.26. The van der Waals surface area contributed by atoms with Crippen molar-refractivity contribution in [2.24, 2.45) is 5.92 Å². The minimum Gasteiger partial charge on any atom is -0.480 e. The molecule has 0 aliphatic heterocycles. The molecule has 0 aromatic heterocycles. The SMILES string of the molecule is CC(CC(=O)N[C@@H](C(=O)O)C(C)C)c1ccccc1C(F)(F)F. The number of benzene rings is 1. The molecule has 23 heavy (non-hydrogen) atoms. The molecule has 128 valence electrons. The van der Waals surface area contributed by atoms with E-state index in [0.717, 1.165) is 6.07 Å².